The number of piperidine rings is 1. The van der Waals surface area contributed by atoms with Gasteiger partial charge in [-0.15, -0.1) is 0 Å². The Bertz CT molecular complexity index is 766. The number of rotatable bonds is 5. The van der Waals surface area contributed by atoms with Crippen molar-refractivity contribution in [1.29, 1.82) is 0 Å². The van der Waals surface area contributed by atoms with E-state index < -0.39 is 12.1 Å². The Balaban J connectivity index is 1.70. The largest absolute Gasteiger partial charge is 0.343 e. The van der Waals surface area contributed by atoms with Gasteiger partial charge in [-0.1, -0.05) is 0 Å². The van der Waals surface area contributed by atoms with E-state index in [0.29, 0.717) is 13.0 Å². The highest BCUT2D eigenvalue weighted by atomic mass is 16.2. The van der Waals surface area contributed by atoms with Gasteiger partial charge in [0.2, 0.25) is 11.8 Å². The van der Waals surface area contributed by atoms with Crippen LogP contribution in [0, 0.1) is 0 Å². The second-order valence-corrected chi connectivity index (χ2v) is 6.23. The molecule has 2 aromatic heterocycles. The van der Waals surface area contributed by atoms with Crippen LogP contribution in [0.5, 0.6) is 0 Å². The first-order chi connectivity index (χ1) is 12.0. The number of aromatic nitrogens is 4. The van der Waals surface area contributed by atoms with Crippen LogP contribution in [0.2, 0.25) is 0 Å². The molecule has 2 amide bonds. The van der Waals surface area contributed by atoms with E-state index in [0.717, 1.165) is 17.7 Å². The Kier molecular flexibility index (Phi) is 4.84. The SMILES string of the molecule is CNC(C(=O)NC1CCCN(c2cnn(C)c2)C1=O)c1cnn(C)c1. The van der Waals surface area contributed by atoms with Gasteiger partial charge in [0.05, 0.1) is 18.1 Å². The highest BCUT2D eigenvalue weighted by Gasteiger charge is 2.33. The van der Waals surface area contributed by atoms with Crippen LogP contribution in [-0.4, -0.2) is 51.0 Å². The zero-order valence-corrected chi connectivity index (χ0v) is 14.6. The highest BCUT2D eigenvalue weighted by molar-refractivity contribution is 6.00. The lowest BCUT2D eigenvalue weighted by Gasteiger charge is -2.32. The van der Waals surface area contributed by atoms with Gasteiger partial charge in [0.1, 0.15) is 12.1 Å². The Morgan fingerprint density at radius 3 is 2.56 bits per heavy atom. The van der Waals surface area contributed by atoms with Gasteiger partial charge in [-0.3, -0.25) is 19.0 Å². The second kappa shape index (κ2) is 7.06. The molecule has 0 aliphatic carbocycles. The molecule has 0 saturated carbocycles. The standard InChI is InChI=1S/C16H23N7O2/c1-17-14(11-7-18-21(2)9-11)15(24)20-13-5-4-6-23(16(13)25)12-8-19-22(3)10-12/h7-10,13-14,17H,4-6H2,1-3H3,(H,20,24). The maximum absolute atomic E-state index is 12.8. The number of carbonyl (C=O) groups is 2. The van der Waals surface area contributed by atoms with Crippen LogP contribution in [-0.2, 0) is 23.7 Å². The molecular formula is C16H23N7O2. The predicted octanol–water partition coefficient (Wildman–Crippen LogP) is -0.274. The molecule has 1 saturated heterocycles. The summed E-state index contributed by atoms with van der Waals surface area (Å²) in [6, 6.07) is -1.08. The molecule has 1 aliphatic rings. The topological polar surface area (TPSA) is 97.1 Å². The van der Waals surface area contributed by atoms with Crippen molar-refractivity contribution in [2.24, 2.45) is 14.1 Å². The van der Waals surface area contributed by atoms with Crippen LogP contribution < -0.4 is 15.5 Å². The lowest BCUT2D eigenvalue weighted by molar-refractivity contribution is -0.129. The quantitative estimate of drug-likeness (QED) is 0.777. The minimum Gasteiger partial charge on any atom is -0.343 e. The van der Waals surface area contributed by atoms with E-state index in [9.17, 15) is 9.59 Å². The van der Waals surface area contributed by atoms with Gasteiger partial charge >= 0.3 is 0 Å². The molecule has 1 aliphatic heterocycles. The lowest BCUT2D eigenvalue weighted by atomic mass is 10.0. The van der Waals surface area contributed by atoms with Gasteiger partial charge in [-0.2, -0.15) is 10.2 Å². The number of hydrogen-bond donors (Lipinski definition) is 2. The summed E-state index contributed by atoms with van der Waals surface area (Å²) in [5.74, 6) is -0.337. The fraction of sp³-hybridized carbons (Fsp3) is 0.500. The molecule has 0 spiro atoms. The number of aryl methyl sites for hydroxylation is 2. The maximum atomic E-state index is 12.8. The van der Waals surface area contributed by atoms with Crippen LogP contribution in [0.25, 0.3) is 0 Å². The molecule has 0 bridgehead atoms. The summed E-state index contributed by atoms with van der Waals surface area (Å²) in [6.07, 6.45) is 8.34. The normalized spacial score (nSPS) is 19.1. The van der Waals surface area contributed by atoms with E-state index in [2.05, 4.69) is 20.8 Å². The molecule has 9 heteroatoms. The van der Waals surface area contributed by atoms with E-state index in [4.69, 9.17) is 0 Å². The molecule has 1 fully saturated rings. The number of carbonyl (C=O) groups excluding carboxylic acids is 2. The second-order valence-electron chi connectivity index (χ2n) is 6.23. The summed E-state index contributed by atoms with van der Waals surface area (Å²) < 4.78 is 3.30. The van der Waals surface area contributed by atoms with Crippen LogP contribution in [0.3, 0.4) is 0 Å². The Hall–Kier alpha value is -2.68. The molecule has 0 radical (unpaired) electrons. The first-order valence-electron chi connectivity index (χ1n) is 8.26. The van der Waals surface area contributed by atoms with Crippen LogP contribution >= 0.6 is 0 Å². The molecule has 2 unspecified atom stereocenters. The van der Waals surface area contributed by atoms with Gasteiger partial charge in [0.15, 0.2) is 0 Å². The summed E-state index contributed by atoms with van der Waals surface area (Å²) >= 11 is 0. The molecule has 3 heterocycles. The summed E-state index contributed by atoms with van der Waals surface area (Å²) in [5, 5.41) is 14.1. The zero-order chi connectivity index (χ0) is 18.0. The smallest absolute Gasteiger partial charge is 0.249 e. The molecule has 2 aromatic rings. The van der Waals surface area contributed by atoms with E-state index >= 15 is 0 Å². The van der Waals surface area contributed by atoms with Crippen molar-refractivity contribution in [1.82, 2.24) is 30.2 Å². The third kappa shape index (κ3) is 3.55. The molecule has 9 nitrogen and oxygen atoms in total. The fourth-order valence-corrected chi connectivity index (χ4v) is 3.11. The number of nitrogens with zero attached hydrogens (tertiary/aromatic N) is 5. The van der Waals surface area contributed by atoms with Crippen LogP contribution in [0.1, 0.15) is 24.4 Å². The van der Waals surface area contributed by atoms with Gasteiger partial charge < -0.3 is 15.5 Å². The monoisotopic (exact) mass is 345 g/mol. The van der Waals surface area contributed by atoms with E-state index in [-0.39, 0.29) is 11.8 Å². The average Bonchev–Trinajstić information content (AvgIpc) is 3.19. The number of anilines is 1. The Morgan fingerprint density at radius 1 is 1.24 bits per heavy atom. The molecule has 2 N–H and O–H groups in total. The maximum Gasteiger partial charge on any atom is 0.249 e. The van der Waals surface area contributed by atoms with E-state index in [1.807, 2.05) is 7.05 Å². The van der Waals surface area contributed by atoms with Crippen LogP contribution in [0.15, 0.2) is 24.8 Å². The van der Waals surface area contributed by atoms with Crippen molar-refractivity contribution in [2.45, 2.75) is 24.9 Å². The van der Waals surface area contributed by atoms with Gasteiger partial charge in [0, 0.05) is 38.6 Å². The summed E-state index contributed by atoms with van der Waals surface area (Å²) in [7, 11) is 5.31. The third-order valence-corrected chi connectivity index (χ3v) is 4.37. The number of amides is 2. The summed E-state index contributed by atoms with van der Waals surface area (Å²) in [6.45, 7) is 0.634. The van der Waals surface area contributed by atoms with Gasteiger partial charge in [-0.05, 0) is 19.9 Å². The first-order valence-corrected chi connectivity index (χ1v) is 8.26. The molecule has 0 aromatic carbocycles. The average molecular weight is 345 g/mol. The lowest BCUT2D eigenvalue weighted by Crippen LogP contribution is -2.54. The van der Waals surface area contributed by atoms with Crippen LogP contribution in [0.4, 0.5) is 5.69 Å². The number of nitrogens with one attached hydrogen (secondary N) is 2. The predicted molar refractivity (Wildman–Crippen MR) is 91.7 cm³/mol. The van der Waals surface area contributed by atoms with E-state index in [1.165, 1.54) is 0 Å². The van der Waals surface area contributed by atoms with Crippen molar-refractivity contribution in [3.8, 4) is 0 Å². The Morgan fingerprint density at radius 2 is 1.96 bits per heavy atom. The number of hydrogen-bond acceptors (Lipinski definition) is 5. The number of likely N-dealkylation sites (N-methyl/N-ethyl adjacent to an activating group) is 1. The summed E-state index contributed by atoms with van der Waals surface area (Å²) in [5.41, 5.74) is 1.51. The molecule has 2 atom stereocenters. The minimum atomic E-state index is -0.546. The minimum absolute atomic E-state index is 0.103. The fourth-order valence-electron chi connectivity index (χ4n) is 3.11. The Labute approximate surface area is 146 Å². The van der Waals surface area contributed by atoms with E-state index in [1.54, 1.807) is 53.1 Å². The molecule has 134 valence electrons. The summed E-state index contributed by atoms with van der Waals surface area (Å²) in [4.78, 5) is 27.1. The zero-order valence-electron chi connectivity index (χ0n) is 14.6. The van der Waals surface area contributed by atoms with Crippen molar-refractivity contribution in [2.75, 3.05) is 18.5 Å². The van der Waals surface area contributed by atoms with Crippen molar-refractivity contribution in [3.63, 3.8) is 0 Å². The highest BCUT2D eigenvalue weighted by Crippen LogP contribution is 2.21. The van der Waals surface area contributed by atoms with Gasteiger partial charge in [0.25, 0.3) is 0 Å². The third-order valence-electron chi connectivity index (χ3n) is 4.37. The first kappa shape index (κ1) is 17.2. The molecular weight excluding hydrogens is 322 g/mol. The van der Waals surface area contributed by atoms with Gasteiger partial charge in [-0.25, -0.2) is 0 Å². The van der Waals surface area contributed by atoms with Crippen molar-refractivity contribution in [3.05, 3.63) is 30.4 Å². The van der Waals surface area contributed by atoms with Crippen molar-refractivity contribution >= 4 is 17.5 Å². The van der Waals surface area contributed by atoms with Crippen molar-refractivity contribution < 1.29 is 9.59 Å². The molecule has 25 heavy (non-hydrogen) atoms. The molecule has 3 rings (SSSR count).